The lowest BCUT2D eigenvalue weighted by atomic mass is 9.82. The van der Waals surface area contributed by atoms with E-state index in [0.717, 1.165) is 63.0 Å². The maximum atomic E-state index is 14.1. The minimum atomic E-state index is -1.22. The first-order chi connectivity index (χ1) is 22.1. The number of benzene rings is 2. The van der Waals surface area contributed by atoms with Crippen molar-refractivity contribution in [1.29, 1.82) is 0 Å². The third-order valence-corrected chi connectivity index (χ3v) is 8.84. The van der Waals surface area contributed by atoms with Gasteiger partial charge in [0, 0.05) is 48.7 Å². The van der Waals surface area contributed by atoms with Crippen molar-refractivity contribution in [1.82, 2.24) is 15.5 Å². The highest BCUT2D eigenvalue weighted by molar-refractivity contribution is 5.99. The van der Waals surface area contributed by atoms with Crippen molar-refractivity contribution in [3.05, 3.63) is 70.8 Å². The van der Waals surface area contributed by atoms with Crippen LogP contribution in [0.25, 0.3) is 0 Å². The number of amides is 3. The number of carbonyl (C=O) groups excluding carboxylic acids is 4. The predicted octanol–water partition coefficient (Wildman–Crippen LogP) is 5.47. The van der Waals surface area contributed by atoms with Gasteiger partial charge in [-0.3, -0.25) is 14.4 Å². The molecule has 3 atom stereocenters. The fourth-order valence-corrected chi connectivity index (χ4v) is 6.18. The number of aliphatic hydroxyl groups excluding tert-OH is 1. The molecule has 0 aromatic heterocycles. The van der Waals surface area contributed by atoms with Gasteiger partial charge >= 0.3 is 0 Å². The second-order valence-electron chi connectivity index (χ2n) is 12.5. The van der Waals surface area contributed by atoms with Crippen molar-refractivity contribution in [2.24, 2.45) is 17.8 Å². The fourth-order valence-electron chi connectivity index (χ4n) is 6.18. The van der Waals surface area contributed by atoms with Gasteiger partial charge in [0.2, 0.25) is 5.91 Å². The van der Waals surface area contributed by atoms with E-state index < -0.39 is 35.6 Å². The van der Waals surface area contributed by atoms with Crippen LogP contribution in [0.3, 0.4) is 0 Å². The van der Waals surface area contributed by atoms with Crippen molar-refractivity contribution in [2.75, 3.05) is 19.6 Å². The van der Waals surface area contributed by atoms with E-state index in [-0.39, 0.29) is 47.6 Å². The van der Waals surface area contributed by atoms with E-state index in [2.05, 4.69) is 10.6 Å². The molecule has 8 nitrogen and oxygen atoms in total. The summed E-state index contributed by atoms with van der Waals surface area (Å²) >= 11 is 0. The fraction of sp³-hybridized carbons (Fsp3) is 0.556. The van der Waals surface area contributed by atoms with Crippen LogP contribution in [0.15, 0.2) is 42.5 Å². The van der Waals surface area contributed by atoms with E-state index in [4.69, 9.17) is 0 Å². The van der Waals surface area contributed by atoms with E-state index in [1.165, 1.54) is 6.07 Å². The van der Waals surface area contributed by atoms with Crippen LogP contribution in [0.1, 0.15) is 98.4 Å². The molecule has 1 fully saturated rings. The molecule has 1 saturated carbocycles. The number of hydrogen-bond acceptors (Lipinski definition) is 5. The van der Waals surface area contributed by atoms with Crippen molar-refractivity contribution < 1.29 is 33.1 Å². The highest BCUT2D eigenvalue weighted by Crippen LogP contribution is 2.27. The van der Waals surface area contributed by atoms with E-state index in [9.17, 15) is 33.1 Å². The molecule has 0 saturated heterocycles. The lowest BCUT2D eigenvalue weighted by Gasteiger charge is -2.29. The van der Waals surface area contributed by atoms with E-state index >= 15 is 0 Å². The molecule has 252 valence electrons. The average molecular weight is 642 g/mol. The van der Waals surface area contributed by atoms with Crippen LogP contribution in [-0.2, 0) is 16.0 Å². The standard InChI is InChI=1S/C36H49F2N3O5/c1-4-14-41(15-5-2)36(46)29-9-7-8-28(19-29)35(45)40-32(18-26-16-30(37)21-31(38)17-26)33(43)20-27(6-3)34(44)39-22-24-10-12-25(23-42)13-11-24/h7-9,16-17,19,21,23-25,27,32-33,43H,4-6,10-15,18,20,22H2,1-3H3,(H,39,44)(H,40,45). The molecule has 0 bridgehead atoms. The summed E-state index contributed by atoms with van der Waals surface area (Å²) in [6.07, 6.45) is 5.10. The van der Waals surface area contributed by atoms with Gasteiger partial charge in [0.25, 0.3) is 11.8 Å². The molecule has 3 rings (SSSR count). The second-order valence-corrected chi connectivity index (χ2v) is 12.5. The number of carbonyl (C=O) groups is 4. The molecule has 2 aromatic rings. The summed E-state index contributed by atoms with van der Waals surface area (Å²) in [5.41, 5.74) is 0.806. The third kappa shape index (κ3) is 11.0. The number of nitrogens with zero attached hydrogens (tertiary/aromatic N) is 1. The van der Waals surface area contributed by atoms with Gasteiger partial charge in [-0.2, -0.15) is 0 Å². The monoisotopic (exact) mass is 641 g/mol. The second kappa shape index (κ2) is 18.5. The quantitative estimate of drug-likeness (QED) is 0.198. The molecular formula is C36H49F2N3O5. The minimum absolute atomic E-state index is 0.0183. The Morgan fingerprint density at radius 3 is 2.17 bits per heavy atom. The highest BCUT2D eigenvalue weighted by Gasteiger charge is 2.29. The first kappa shape index (κ1) is 36.8. The smallest absolute Gasteiger partial charge is 0.253 e. The van der Waals surface area contributed by atoms with Gasteiger partial charge in [-0.25, -0.2) is 8.78 Å². The number of nitrogens with one attached hydrogen (secondary N) is 2. The summed E-state index contributed by atoms with van der Waals surface area (Å²) in [6, 6.07) is 8.40. The number of hydrogen-bond donors (Lipinski definition) is 3. The first-order valence-corrected chi connectivity index (χ1v) is 16.6. The van der Waals surface area contributed by atoms with Crippen molar-refractivity contribution in [3.8, 4) is 0 Å². The maximum Gasteiger partial charge on any atom is 0.253 e. The largest absolute Gasteiger partial charge is 0.391 e. The highest BCUT2D eigenvalue weighted by atomic mass is 19.1. The molecule has 46 heavy (non-hydrogen) atoms. The Balaban J connectivity index is 1.75. The summed E-state index contributed by atoms with van der Waals surface area (Å²) in [5.74, 6) is -2.70. The summed E-state index contributed by atoms with van der Waals surface area (Å²) in [7, 11) is 0. The summed E-state index contributed by atoms with van der Waals surface area (Å²) in [6.45, 7) is 7.49. The molecule has 3 N–H and O–H groups in total. The topological polar surface area (TPSA) is 116 Å². The van der Waals surface area contributed by atoms with Crippen LogP contribution < -0.4 is 10.6 Å². The van der Waals surface area contributed by atoms with Crippen LogP contribution in [-0.4, -0.2) is 65.8 Å². The zero-order valence-electron chi connectivity index (χ0n) is 27.3. The van der Waals surface area contributed by atoms with Crippen molar-refractivity contribution in [3.63, 3.8) is 0 Å². The minimum Gasteiger partial charge on any atom is -0.391 e. The molecule has 0 aliphatic heterocycles. The van der Waals surface area contributed by atoms with E-state index in [1.807, 2.05) is 20.8 Å². The number of halogens is 2. The van der Waals surface area contributed by atoms with Crippen LogP contribution in [0.5, 0.6) is 0 Å². The van der Waals surface area contributed by atoms with Crippen LogP contribution in [0.2, 0.25) is 0 Å². The molecule has 1 aliphatic rings. The maximum absolute atomic E-state index is 14.1. The van der Waals surface area contributed by atoms with Crippen LogP contribution in [0, 0.1) is 29.4 Å². The molecule has 0 radical (unpaired) electrons. The lowest BCUT2D eigenvalue weighted by molar-refractivity contribution is -0.126. The number of rotatable bonds is 17. The zero-order chi connectivity index (χ0) is 33.6. The average Bonchev–Trinajstić information content (AvgIpc) is 3.05. The van der Waals surface area contributed by atoms with E-state index in [1.54, 1.807) is 23.1 Å². The molecule has 0 heterocycles. The predicted molar refractivity (Wildman–Crippen MR) is 173 cm³/mol. The van der Waals surface area contributed by atoms with Gasteiger partial charge in [-0.05, 0) is 99.6 Å². The normalized spacial score (nSPS) is 18.2. The number of aliphatic hydroxyl groups is 1. The Hall–Kier alpha value is -3.66. The Morgan fingerprint density at radius 2 is 1.59 bits per heavy atom. The number of aldehydes is 1. The van der Waals surface area contributed by atoms with Gasteiger partial charge in [0.15, 0.2) is 0 Å². The summed E-state index contributed by atoms with van der Waals surface area (Å²) in [5, 5.41) is 17.2. The van der Waals surface area contributed by atoms with Gasteiger partial charge in [0.1, 0.15) is 17.9 Å². The molecule has 3 amide bonds. The van der Waals surface area contributed by atoms with Crippen molar-refractivity contribution >= 4 is 24.0 Å². The Kier molecular flexibility index (Phi) is 14.8. The third-order valence-electron chi connectivity index (χ3n) is 8.84. The van der Waals surface area contributed by atoms with Crippen LogP contribution >= 0.6 is 0 Å². The van der Waals surface area contributed by atoms with Crippen molar-refractivity contribution in [2.45, 2.75) is 90.7 Å². The molecule has 3 unspecified atom stereocenters. The Morgan fingerprint density at radius 1 is 0.957 bits per heavy atom. The van der Waals surface area contributed by atoms with Gasteiger partial charge in [-0.15, -0.1) is 0 Å². The van der Waals surface area contributed by atoms with Gasteiger partial charge in [0.05, 0.1) is 12.1 Å². The first-order valence-electron chi connectivity index (χ1n) is 16.6. The zero-order valence-corrected chi connectivity index (χ0v) is 27.3. The summed E-state index contributed by atoms with van der Waals surface area (Å²) < 4.78 is 28.1. The lowest BCUT2D eigenvalue weighted by Crippen LogP contribution is -2.47. The SMILES string of the molecule is CCCN(CCC)C(=O)c1cccc(C(=O)NC(Cc2cc(F)cc(F)c2)C(O)CC(CC)C(=O)NCC2CCC(C=O)CC2)c1. The van der Waals surface area contributed by atoms with Gasteiger partial charge < -0.3 is 25.4 Å². The Bertz CT molecular complexity index is 1290. The molecule has 1 aliphatic carbocycles. The molecular weight excluding hydrogens is 592 g/mol. The Labute approximate surface area is 271 Å². The molecule has 0 spiro atoms. The summed E-state index contributed by atoms with van der Waals surface area (Å²) in [4.78, 5) is 52.6. The van der Waals surface area contributed by atoms with Crippen LogP contribution in [0.4, 0.5) is 8.78 Å². The molecule has 10 heteroatoms. The van der Waals surface area contributed by atoms with E-state index in [0.29, 0.717) is 31.6 Å². The van der Waals surface area contributed by atoms with Gasteiger partial charge in [-0.1, -0.05) is 26.8 Å². The molecule has 2 aromatic carbocycles.